The smallest absolute Gasteiger partial charge is 0.201 e. The van der Waals surface area contributed by atoms with E-state index in [-0.39, 0.29) is 5.82 Å². The van der Waals surface area contributed by atoms with E-state index in [1.54, 1.807) is 24.4 Å². The fraction of sp³-hybridized carbons (Fsp3) is 0.333. The molecule has 0 bridgehead atoms. The lowest BCUT2D eigenvalue weighted by molar-refractivity contribution is 0.202. The number of hydrogen-bond donors (Lipinski definition) is 2. The number of hydrogen-bond acceptors (Lipinski definition) is 5. The van der Waals surface area contributed by atoms with Crippen molar-refractivity contribution >= 4 is 10.9 Å². The number of thiol groups is 1. The normalized spacial score (nSPS) is 15.7. The molecule has 1 aromatic heterocycles. The molecule has 0 atom stereocenters. The summed E-state index contributed by atoms with van der Waals surface area (Å²) in [6.45, 7) is 2.88. The third kappa shape index (κ3) is 5.10. The predicted molar refractivity (Wildman–Crippen MR) is 112 cm³/mol. The lowest BCUT2D eigenvalue weighted by Gasteiger charge is -2.31. The fourth-order valence-electron chi connectivity index (χ4n) is 3.89. The second-order valence-corrected chi connectivity index (χ2v) is 8.32. The molecule has 0 saturated carbocycles. The van der Waals surface area contributed by atoms with Gasteiger partial charge in [-0.25, -0.2) is 22.2 Å². The molecule has 30 heavy (non-hydrogen) atoms. The summed E-state index contributed by atoms with van der Waals surface area (Å²) in [4.78, 5) is 2.33. The quantitative estimate of drug-likeness (QED) is 0.564. The molecule has 1 saturated heterocycles. The maximum absolute atomic E-state index is 13.9. The van der Waals surface area contributed by atoms with Crippen LogP contribution in [-0.4, -0.2) is 41.4 Å². The number of para-hydroxylation sites is 1. The Labute approximate surface area is 176 Å². The average Bonchev–Trinajstić information content (AvgIpc) is 3.21. The highest BCUT2D eigenvalue weighted by molar-refractivity contribution is 7.70. The minimum absolute atomic E-state index is 0.322. The van der Waals surface area contributed by atoms with Crippen LogP contribution in [0.2, 0.25) is 0 Å². The monoisotopic (exact) mass is 429 g/mol. The van der Waals surface area contributed by atoms with Gasteiger partial charge in [0.25, 0.3) is 0 Å². The maximum Gasteiger partial charge on any atom is 0.201 e. The Balaban J connectivity index is 1.33. The predicted octanol–water partition coefficient (Wildman–Crippen LogP) is 2.40. The van der Waals surface area contributed by atoms with Crippen LogP contribution >= 0.6 is 0 Å². The second kappa shape index (κ2) is 9.46. The highest BCUT2D eigenvalue weighted by atomic mass is 32.2. The Bertz CT molecular complexity index is 1070. The first-order chi connectivity index (χ1) is 14.6. The Morgan fingerprint density at radius 3 is 2.67 bits per heavy atom. The zero-order valence-corrected chi connectivity index (χ0v) is 17.3. The van der Waals surface area contributed by atoms with Gasteiger partial charge < -0.3 is 0 Å². The summed E-state index contributed by atoms with van der Waals surface area (Å²) in [6, 6.07) is 14.6. The molecule has 3 aromatic rings. The van der Waals surface area contributed by atoms with Gasteiger partial charge in [-0.15, -0.1) is 5.10 Å². The summed E-state index contributed by atoms with van der Waals surface area (Å²) in [7, 11) is -2.58. The molecule has 0 unspecified atom stereocenters. The molecule has 158 valence electrons. The van der Waals surface area contributed by atoms with Gasteiger partial charge in [-0.2, -0.15) is 0 Å². The molecule has 2 aromatic carbocycles. The van der Waals surface area contributed by atoms with E-state index in [1.165, 1.54) is 16.3 Å². The summed E-state index contributed by atoms with van der Waals surface area (Å²) in [5.41, 5.74) is 3.43. The Morgan fingerprint density at radius 1 is 1.10 bits per heavy atom. The first kappa shape index (κ1) is 20.6. The molecule has 9 heteroatoms. The van der Waals surface area contributed by atoms with Crippen LogP contribution in [0.25, 0.3) is 5.69 Å². The van der Waals surface area contributed by atoms with Crippen molar-refractivity contribution in [1.82, 2.24) is 24.6 Å². The van der Waals surface area contributed by atoms with E-state index in [9.17, 15) is 12.8 Å². The van der Waals surface area contributed by atoms with Crippen LogP contribution in [0.15, 0.2) is 54.7 Å². The molecule has 0 spiro atoms. The van der Waals surface area contributed by atoms with Crippen LogP contribution in [0.4, 0.5) is 4.39 Å². The van der Waals surface area contributed by atoms with Crippen LogP contribution in [-0.2, 0) is 24.0 Å². The number of likely N-dealkylation sites (tertiary alicyclic amines) is 1. The summed E-state index contributed by atoms with van der Waals surface area (Å²) >= 11 is 0. The molecule has 7 nitrogen and oxygen atoms in total. The van der Waals surface area contributed by atoms with Crippen molar-refractivity contribution in [3.63, 3.8) is 0 Å². The molecule has 1 aliphatic heterocycles. The number of benzene rings is 2. The zero-order chi connectivity index (χ0) is 20.9. The van der Waals surface area contributed by atoms with Crippen LogP contribution in [0, 0.1) is 5.82 Å². The van der Waals surface area contributed by atoms with Gasteiger partial charge in [-0.05, 0) is 55.1 Å². The molecule has 1 N–H and O–H groups in total. The number of piperidine rings is 1. The van der Waals surface area contributed by atoms with Crippen molar-refractivity contribution in [2.24, 2.45) is 0 Å². The van der Waals surface area contributed by atoms with Crippen LogP contribution in [0.5, 0.6) is 0 Å². The van der Waals surface area contributed by atoms with E-state index in [0.29, 0.717) is 24.7 Å². The minimum Gasteiger partial charge on any atom is -0.297 e. The van der Waals surface area contributed by atoms with Crippen molar-refractivity contribution in [2.75, 3.05) is 13.1 Å². The Hall–Kier alpha value is -2.62. The van der Waals surface area contributed by atoms with Crippen molar-refractivity contribution in [1.29, 1.82) is 0 Å². The van der Waals surface area contributed by atoms with Gasteiger partial charge in [0.1, 0.15) is 11.5 Å². The number of halogens is 1. The largest absolute Gasteiger partial charge is 0.297 e. The van der Waals surface area contributed by atoms with Gasteiger partial charge in [-0.3, -0.25) is 4.90 Å². The number of nitrogens with zero attached hydrogens (tertiary/aromatic N) is 4. The van der Waals surface area contributed by atoms with E-state index in [4.69, 9.17) is 0 Å². The van der Waals surface area contributed by atoms with Crippen LogP contribution in [0.3, 0.4) is 0 Å². The van der Waals surface area contributed by atoms with Gasteiger partial charge in [0, 0.05) is 13.1 Å². The molecule has 0 amide bonds. The molecular formula is C21H24FN5O2S. The van der Waals surface area contributed by atoms with Gasteiger partial charge >= 0.3 is 0 Å². The zero-order valence-electron chi connectivity index (χ0n) is 16.4. The fourth-order valence-corrected chi connectivity index (χ4v) is 4.20. The van der Waals surface area contributed by atoms with E-state index >= 15 is 0 Å². The van der Waals surface area contributed by atoms with Crippen molar-refractivity contribution in [3.8, 4) is 5.69 Å². The highest BCUT2D eigenvalue weighted by Crippen LogP contribution is 2.29. The lowest BCUT2D eigenvalue weighted by Crippen LogP contribution is -2.32. The highest BCUT2D eigenvalue weighted by Gasteiger charge is 2.21. The summed E-state index contributed by atoms with van der Waals surface area (Å²) in [5, 5.41) is 8.27. The lowest BCUT2D eigenvalue weighted by atomic mass is 9.88. The minimum atomic E-state index is -2.58. The SMILES string of the molecule is O=[SH](=O)NCc1cccc(C2CCN(Cc3cn(-c4ccccc4F)nn3)CC2)c1. The first-order valence-electron chi connectivity index (χ1n) is 9.94. The molecule has 0 aliphatic carbocycles. The van der Waals surface area contributed by atoms with Gasteiger partial charge in [0.2, 0.25) is 10.9 Å². The van der Waals surface area contributed by atoms with Crippen LogP contribution < -0.4 is 4.72 Å². The first-order valence-corrected chi connectivity index (χ1v) is 11.1. The van der Waals surface area contributed by atoms with Gasteiger partial charge in [-0.1, -0.05) is 41.6 Å². The topological polar surface area (TPSA) is 80.1 Å². The number of aromatic nitrogens is 3. The summed E-state index contributed by atoms with van der Waals surface area (Å²) < 4.78 is 39.3. The standard InChI is InChI=1S/C21H24FN5O2S/c22-20-6-1-2-7-21(20)27-15-19(24-25-27)14-26-10-8-17(9-11-26)18-5-3-4-16(12-18)13-23-30(28)29/h1-7,12,15,17,30H,8-11,13-14H2,(H,23,28,29). The number of rotatable bonds is 7. The van der Waals surface area contributed by atoms with E-state index in [2.05, 4.69) is 32.1 Å². The van der Waals surface area contributed by atoms with Crippen LogP contribution in [0.1, 0.15) is 35.6 Å². The van der Waals surface area contributed by atoms with E-state index < -0.39 is 10.9 Å². The van der Waals surface area contributed by atoms with Crippen molar-refractivity contribution in [2.45, 2.75) is 31.8 Å². The van der Waals surface area contributed by atoms with Gasteiger partial charge in [0.05, 0.1) is 11.9 Å². The summed E-state index contributed by atoms with van der Waals surface area (Å²) in [5.74, 6) is 0.130. The van der Waals surface area contributed by atoms with Crippen molar-refractivity contribution in [3.05, 3.63) is 77.4 Å². The maximum atomic E-state index is 13.9. The number of nitrogens with one attached hydrogen (secondary N) is 1. The third-order valence-electron chi connectivity index (χ3n) is 5.45. The second-order valence-electron chi connectivity index (χ2n) is 7.49. The molecule has 1 aliphatic rings. The third-order valence-corrected chi connectivity index (χ3v) is 5.86. The Kier molecular flexibility index (Phi) is 6.51. The molecular weight excluding hydrogens is 405 g/mol. The molecule has 4 rings (SSSR count). The van der Waals surface area contributed by atoms with Crippen molar-refractivity contribution < 1.29 is 12.8 Å². The molecule has 1 fully saturated rings. The molecule has 0 radical (unpaired) electrons. The average molecular weight is 430 g/mol. The molecule has 2 heterocycles. The van der Waals surface area contributed by atoms with Gasteiger partial charge in [0.15, 0.2) is 0 Å². The summed E-state index contributed by atoms with van der Waals surface area (Å²) in [6.07, 6.45) is 3.82. The Morgan fingerprint density at radius 2 is 1.90 bits per heavy atom. The van der Waals surface area contributed by atoms with E-state index in [0.717, 1.165) is 37.2 Å². The van der Waals surface area contributed by atoms with E-state index in [1.807, 2.05) is 12.1 Å².